The molecule has 0 atom stereocenters. The summed E-state index contributed by atoms with van der Waals surface area (Å²) in [6, 6.07) is 14.6. The molecule has 0 saturated heterocycles. The number of hydrogen-bond donors (Lipinski definition) is 1. The quantitative estimate of drug-likeness (QED) is 0.889. The van der Waals surface area contributed by atoms with E-state index in [9.17, 15) is 9.90 Å². The van der Waals surface area contributed by atoms with Gasteiger partial charge in [0.1, 0.15) is 5.82 Å². The molecule has 1 aliphatic rings. The second kappa shape index (κ2) is 4.74. The normalized spacial score (nSPS) is 13.6. The van der Waals surface area contributed by atoms with Crippen LogP contribution in [0.3, 0.4) is 0 Å². The molecule has 0 saturated carbocycles. The van der Waals surface area contributed by atoms with E-state index in [2.05, 4.69) is 0 Å². The lowest BCUT2D eigenvalue weighted by molar-refractivity contribution is -0.255. The number of rotatable bonds is 2. The summed E-state index contributed by atoms with van der Waals surface area (Å²) in [6.45, 7) is 0.620. The van der Waals surface area contributed by atoms with Crippen LogP contribution in [-0.2, 0) is 6.54 Å². The van der Waals surface area contributed by atoms with Crippen molar-refractivity contribution < 1.29 is 9.90 Å². The van der Waals surface area contributed by atoms with Crippen molar-refractivity contribution in [3.8, 4) is 0 Å². The summed E-state index contributed by atoms with van der Waals surface area (Å²) in [5.74, 6) is -0.592. The van der Waals surface area contributed by atoms with Crippen LogP contribution in [-0.4, -0.2) is 5.97 Å². The Morgan fingerprint density at radius 3 is 2.75 bits per heavy atom. The first-order valence-corrected chi connectivity index (χ1v) is 6.29. The van der Waals surface area contributed by atoms with E-state index in [0.29, 0.717) is 12.4 Å². The predicted octanol–water partition coefficient (Wildman–Crippen LogP) is 1.33. The van der Waals surface area contributed by atoms with Crippen LogP contribution in [0.5, 0.6) is 0 Å². The number of carbonyl (C=O) groups is 1. The standard InChI is InChI=1S/C16H14N2O2/c17-15-9-11-4-1-2-5-13(11)10-18(15)14-7-3-6-12(8-14)16(19)20/h1-9H,10,17H2,(H,19,20)/p-1. The first kappa shape index (κ1) is 12.3. The Morgan fingerprint density at radius 2 is 1.95 bits per heavy atom. The second-order valence-corrected chi connectivity index (χ2v) is 4.69. The highest BCUT2D eigenvalue weighted by molar-refractivity contribution is 5.87. The number of benzene rings is 2. The first-order chi connectivity index (χ1) is 9.65. The Hall–Kier alpha value is -2.75. The van der Waals surface area contributed by atoms with Crippen molar-refractivity contribution in [2.45, 2.75) is 6.54 Å². The molecule has 2 N–H and O–H groups in total. The molecule has 0 bridgehead atoms. The number of aromatic carboxylic acids is 1. The summed E-state index contributed by atoms with van der Waals surface area (Å²) in [7, 11) is 0. The Bertz CT molecular complexity index is 707. The number of anilines is 1. The fourth-order valence-electron chi connectivity index (χ4n) is 2.36. The van der Waals surface area contributed by atoms with E-state index in [1.165, 1.54) is 6.07 Å². The number of nitrogens with two attached hydrogens (primary N) is 1. The van der Waals surface area contributed by atoms with Crippen molar-refractivity contribution in [3.63, 3.8) is 0 Å². The lowest BCUT2D eigenvalue weighted by atomic mass is 10.0. The van der Waals surface area contributed by atoms with E-state index in [1.807, 2.05) is 41.3 Å². The average Bonchev–Trinajstić information content (AvgIpc) is 2.46. The molecular formula is C16H13N2O2-. The topological polar surface area (TPSA) is 69.4 Å². The summed E-state index contributed by atoms with van der Waals surface area (Å²) in [6.07, 6.45) is 1.89. The van der Waals surface area contributed by atoms with Gasteiger partial charge in [0.05, 0.1) is 12.5 Å². The van der Waals surface area contributed by atoms with E-state index < -0.39 is 5.97 Å². The third kappa shape index (κ3) is 2.12. The highest BCUT2D eigenvalue weighted by atomic mass is 16.4. The van der Waals surface area contributed by atoms with Crippen LogP contribution >= 0.6 is 0 Å². The van der Waals surface area contributed by atoms with Gasteiger partial charge < -0.3 is 20.5 Å². The summed E-state index contributed by atoms with van der Waals surface area (Å²) in [5.41, 5.74) is 9.22. The molecule has 0 fully saturated rings. The minimum Gasteiger partial charge on any atom is -0.545 e. The van der Waals surface area contributed by atoms with Gasteiger partial charge in [0.25, 0.3) is 0 Å². The van der Waals surface area contributed by atoms with E-state index in [-0.39, 0.29) is 5.56 Å². The van der Waals surface area contributed by atoms with Crippen molar-refractivity contribution in [1.82, 2.24) is 0 Å². The predicted molar refractivity (Wildman–Crippen MR) is 75.6 cm³/mol. The fraction of sp³-hybridized carbons (Fsp3) is 0.0625. The summed E-state index contributed by atoms with van der Waals surface area (Å²) >= 11 is 0. The van der Waals surface area contributed by atoms with Crippen molar-refractivity contribution in [3.05, 3.63) is 71.0 Å². The van der Waals surface area contributed by atoms with Crippen LogP contribution in [0.15, 0.2) is 54.4 Å². The largest absolute Gasteiger partial charge is 0.545 e. The molecule has 1 heterocycles. The van der Waals surface area contributed by atoms with Crippen molar-refractivity contribution in [1.29, 1.82) is 0 Å². The Morgan fingerprint density at radius 1 is 1.15 bits per heavy atom. The monoisotopic (exact) mass is 265 g/mol. The molecule has 4 heteroatoms. The highest BCUT2D eigenvalue weighted by Gasteiger charge is 2.17. The summed E-state index contributed by atoms with van der Waals surface area (Å²) in [4.78, 5) is 12.8. The van der Waals surface area contributed by atoms with Crippen LogP contribution in [0.2, 0.25) is 0 Å². The minimum atomic E-state index is -1.19. The van der Waals surface area contributed by atoms with Crippen LogP contribution < -0.4 is 15.7 Å². The van der Waals surface area contributed by atoms with Crippen molar-refractivity contribution in [2.75, 3.05) is 4.90 Å². The molecule has 0 spiro atoms. The third-order valence-electron chi connectivity index (χ3n) is 3.39. The molecular weight excluding hydrogens is 252 g/mol. The number of nitrogens with zero attached hydrogens (tertiary/aromatic N) is 1. The second-order valence-electron chi connectivity index (χ2n) is 4.69. The van der Waals surface area contributed by atoms with Gasteiger partial charge in [-0.05, 0) is 34.9 Å². The number of carbonyl (C=O) groups excluding carboxylic acids is 1. The maximum absolute atomic E-state index is 10.9. The van der Waals surface area contributed by atoms with E-state index >= 15 is 0 Å². The minimum absolute atomic E-state index is 0.147. The number of carboxylic acids is 1. The lowest BCUT2D eigenvalue weighted by Gasteiger charge is -2.30. The molecule has 4 nitrogen and oxygen atoms in total. The zero-order valence-electron chi connectivity index (χ0n) is 10.7. The molecule has 3 rings (SSSR count). The van der Waals surface area contributed by atoms with Crippen LogP contribution in [0.4, 0.5) is 5.69 Å². The molecule has 0 aromatic heterocycles. The maximum Gasteiger partial charge on any atom is 0.104 e. The molecule has 2 aromatic carbocycles. The van der Waals surface area contributed by atoms with Crippen LogP contribution in [0.1, 0.15) is 21.5 Å². The molecule has 1 aliphatic heterocycles. The van der Waals surface area contributed by atoms with Gasteiger partial charge >= 0.3 is 0 Å². The zero-order valence-corrected chi connectivity index (χ0v) is 10.7. The van der Waals surface area contributed by atoms with Gasteiger partial charge in [-0.1, -0.05) is 36.4 Å². The molecule has 0 unspecified atom stereocenters. The SMILES string of the molecule is NC1=Cc2ccccc2CN1c1cccc(C(=O)[O-])c1. The lowest BCUT2D eigenvalue weighted by Crippen LogP contribution is -2.30. The average molecular weight is 265 g/mol. The fourth-order valence-corrected chi connectivity index (χ4v) is 2.36. The Labute approximate surface area is 116 Å². The van der Waals surface area contributed by atoms with Gasteiger partial charge in [-0.3, -0.25) is 0 Å². The van der Waals surface area contributed by atoms with E-state index in [1.54, 1.807) is 12.1 Å². The molecule has 0 radical (unpaired) electrons. The van der Waals surface area contributed by atoms with Gasteiger partial charge in [-0.2, -0.15) is 0 Å². The summed E-state index contributed by atoms with van der Waals surface area (Å²) in [5, 5.41) is 10.9. The number of carboxylic acid groups (broad SMARTS) is 1. The van der Waals surface area contributed by atoms with Crippen molar-refractivity contribution in [2.24, 2.45) is 5.73 Å². The third-order valence-corrected chi connectivity index (χ3v) is 3.39. The van der Waals surface area contributed by atoms with E-state index in [4.69, 9.17) is 5.73 Å². The van der Waals surface area contributed by atoms with Gasteiger partial charge in [-0.15, -0.1) is 0 Å². The van der Waals surface area contributed by atoms with Gasteiger partial charge in [-0.25, -0.2) is 0 Å². The highest BCUT2D eigenvalue weighted by Crippen LogP contribution is 2.27. The molecule has 0 amide bonds. The Kier molecular flexibility index (Phi) is 2.91. The van der Waals surface area contributed by atoms with E-state index in [0.717, 1.165) is 16.8 Å². The van der Waals surface area contributed by atoms with Gasteiger partial charge in [0, 0.05) is 5.69 Å². The maximum atomic E-state index is 10.9. The molecule has 2 aromatic rings. The number of fused-ring (bicyclic) bond motifs is 1. The number of hydrogen-bond acceptors (Lipinski definition) is 4. The van der Waals surface area contributed by atoms with Crippen LogP contribution in [0.25, 0.3) is 6.08 Å². The Balaban J connectivity index is 2.00. The first-order valence-electron chi connectivity index (χ1n) is 6.29. The van der Waals surface area contributed by atoms with Gasteiger partial charge in [0.15, 0.2) is 0 Å². The molecule has 20 heavy (non-hydrogen) atoms. The summed E-state index contributed by atoms with van der Waals surface area (Å²) < 4.78 is 0. The van der Waals surface area contributed by atoms with Crippen molar-refractivity contribution >= 4 is 17.7 Å². The molecule has 100 valence electrons. The smallest absolute Gasteiger partial charge is 0.104 e. The molecule has 0 aliphatic carbocycles. The van der Waals surface area contributed by atoms with Gasteiger partial charge in [0.2, 0.25) is 0 Å². The van der Waals surface area contributed by atoms with Crippen LogP contribution in [0, 0.1) is 0 Å². The zero-order chi connectivity index (χ0) is 14.1.